The van der Waals surface area contributed by atoms with Gasteiger partial charge >= 0.3 is 0 Å². The number of methoxy groups -OCH3 is 1. The molecule has 116 valence electrons. The number of anilines is 1. The standard InChI is InChI=1S/C19H18N2O2/c1-13-10-18(23-2)16-12-15(8-9-17(16)20-13)21-19(22)11-14-6-4-3-5-7-14/h3-10,12H,11H2,1-2H3,(H,21,22). The summed E-state index contributed by atoms with van der Waals surface area (Å²) in [4.78, 5) is 16.6. The molecule has 4 heteroatoms. The number of hydrogen-bond acceptors (Lipinski definition) is 3. The van der Waals surface area contributed by atoms with Gasteiger partial charge in [-0.3, -0.25) is 9.78 Å². The number of pyridine rings is 1. The van der Waals surface area contributed by atoms with Gasteiger partial charge in [-0.25, -0.2) is 0 Å². The van der Waals surface area contributed by atoms with Crippen LogP contribution < -0.4 is 10.1 Å². The largest absolute Gasteiger partial charge is 0.496 e. The quantitative estimate of drug-likeness (QED) is 0.799. The first-order chi connectivity index (χ1) is 11.2. The SMILES string of the molecule is COc1cc(C)nc2ccc(NC(=O)Cc3ccccc3)cc12. The van der Waals surface area contributed by atoms with Gasteiger partial charge in [0.1, 0.15) is 5.75 Å². The summed E-state index contributed by atoms with van der Waals surface area (Å²) in [7, 11) is 1.63. The molecule has 1 heterocycles. The number of aromatic nitrogens is 1. The molecule has 0 atom stereocenters. The van der Waals surface area contributed by atoms with Gasteiger partial charge in [0.2, 0.25) is 5.91 Å². The van der Waals surface area contributed by atoms with Crippen molar-refractivity contribution in [2.24, 2.45) is 0 Å². The lowest BCUT2D eigenvalue weighted by molar-refractivity contribution is -0.115. The Morgan fingerprint density at radius 2 is 1.91 bits per heavy atom. The van der Waals surface area contributed by atoms with Crippen molar-refractivity contribution in [3.8, 4) is 5.75 Å². The second kappa shape index (κ2) is 6.48. The van der Waals surface area contributed by atoms with E-state index in [1.54, 1.807) is 7.11 Å². The molecule has 0 aliphatic rings. The van der Waals surface area contributed by atoms with Gasteiger partial charge in [-0.05, 0) is 30.7 Å². The maximum Gasteiger partial charge on any atom is 0.228 e. The second-order valence-electron chi connectivity index (χ2n) is 5.41. The number of carbonyl (C=O) groups is 1. The maximum atomic E-state index is 12.2. The number of nitrogens with one attached hydrogen (secondary N) is 1. The minimum atomic E-state index is -0.0467. The van der Waals surface area contributed by atoms with Crippen molar-refractivity contribution in [1.82, 2.24) is 4.98 Å². The van der Waals surface area contributed by atoms with Crippen molar-refractivity contribution in [3.63, 3.8) is 0 Å². The van der Waals surface area contributed by atoms with Gasteiger partial charge in [0.15, 0.2) is 0 Å². The predicted molar refractivity (Wildman–Crippen MR) is 91.8 cm³/mol. The maximum absolute atomic E-state index is 12.2. The number of benzene rings is 2. The average Bonchev–Trinajstić information content (AvgIpc) is 2.55. The molecular formula is C19H18N2O2. The fourth-order valence-corrected chi connectivity index (χ4v) is 2.55. The fourth-order valence-electron chi connectivity index (χ4n) is 2.55. The number of rotatable bonds is 4. The highest BCUT2D eigenvalue weighted by Crippen LogP contribution is 2.27. The smallest absolute Gasteiger partial charge is 0.228 e. The summed E-state index contributed by atoms with van der Waals surface area (Å²) in [5.74, 6) is 0.709. The molecule has 3 rings (SSSR count). The monoisotopic (exact) mass is 306 g/mol. The van der Waals surface area contributed by atoms with Gasteiger partial charge in [0.05, 0.1) is 19.0 Å². The van der Waals surface area contributed by atoms with E-state index in [1.165, 1.54) is 0 Å². The van der Waals surface area contributed by atoms with Crippen LogP contribution in [0, 0.1) is 6.92 Å². The molecule has 0 saturated carbocycles. The number of hydrogen-bond donors (Lipinski definition) is 1. The lowest BCUT2D eigenvalue weighted by Gasteiger charge is -2.10. The molecule has 0 aliphatic carbocycles. The summed E-state index contributed by atoms with van der Waals surface area (Å²) in [6.45, 7) is 1.93. The zero-order chi connectivity index (χ0) is 16.2. The molecule has 0 radical (unpaired) electrons. The molecule has 23 heavy (non-hydrogen) atoms. The van der Waals surface area contributed by atoms with E-state index in [-0.39, 0.29) is 5.91 Å². The fraction of sp³-hybridized carbons (Fsp3) is 0.158. The van der Waals surface area contributed by atoms with E-state index >= 15 is 0 Å². The molecule has 0 aliphatic heterocycles. The summed E-state index contributed by atoms with van der Waals surface area (Å²) in [5, 5.41) is 3.81. The summed E-state index contributed by atoms with van der Waals surface area (Å²) in [5.41, 5.74) is 3.47. The highest BCUT2D eigenvalue weighted by Gasteiger charge is 2.08. The van der Waals surface area contributed by atoms with Crippen LogP contribution in [0.1, 0.15) is 11.3 Å². The zero-order valence-electron chi connectivity index (χ0n) is 13.2. The third kappa shape index (κ3) is 3.48. The van der Waals surface area contributed by atoms with Crippen molar-refractivity contribution in [1.29, 1.82) is 0 Å². The summed E-state index contributed by atoms with van der Waals surface area (Å²) < 4.78 is 5.41. The van der Waals surface area contributed by atoms with Crippen LogP contribution in [-0.4, -0.2) is 18.0 Å². The normalized spacial score (nSPS) is 10.5. The molecule has 0 saturated heterocycles. The minimum absolute atomic E-state index is 0.0467. The first kappa shape index (κ1) is 15.0. The summed E-state index contributed by atoms with van der Waals surface area (Å²) in [6, 6.07) is 17.2. The van der Waals surface area contributed by atoms with Crippen LogP contribution in [0.15, 0.2) is 54.6 Å². The number of ether oxygens (including phenoxy) is 1. The Morgan fingerprint density at radius 1 is 1.13 bits per heavy atom. The van der Waals surface area contributed by atoms with Crippen LogP contribution >= 0.6 is 0 Å². The van der Waals surface area contributed by atoms with Crippen LogP contribution in [0.3, 0.4) is 0 Å². The predicted octanol–water partition coefficient (Wildman–Crippen LogP) is 3.73. The third-order valence-electron chi connectivity index (χ3n) is 3.61. The third-order valence-corrected chi connectivity index (χ3v) is 3.61. The molecule has 2 aromatic carbocycles. The highest BCUT2D eigenvalue weighted by atomic mass is 16.5. The Bertz CT molecular complexity index is 845. The first-order valence-electron chi connectivity index (χ1n) is 7.45. The van der Waals surface area contributed by atoms with Crippen LogP contribution in [0.5, 0.6) is 5.75 Å². The minimum Gasteiger partial charge on any atom is -0.496 e. The number of aryl methyl sites for hydroxylation is 1. The highest BCUT2D eigenvalue weighted by molar-refractivity contribution is 5.96. The second-order valence-corrected chi connectivity index (χ2v) is 5.41. The molecule has 1 aromatic heterocycles. The van der Waals surface area contributed by atoms with Crippen molar-refractivity contribution in [3.05, 3.63) is 65.9 Å². The van der Waals surface area contributed by atoms with E-state index in [0.717, 1.165) is 33.6 Å². The van der Waals surface area contributed by atoms with E-state index in [1.807, 2.05) is 61.5 Å². The Balaban J connectivity index is 1.83. The van der Waals surface area contributed by atoms with Gasteiger partial charge in [-0.1, -0.05) is 30.3 Å². The molecule has 0 spiro atoms. The van der Waals surface area contributed by atoms with Gasteiger partial charge in [-0.15, -0.1) is 0 Å². The lowest BCUT2D eigenvalue weighted by Crippen LogP contribution is -2.14. The summed E-state index contributed by atoms with van der Waals surface area (Å²) in [6.07, 6.45) is 0.349. The zero-order valence-corrected chi connectivity index (χ0v) is 13.2. The average molecular weight is 306 g/mol. The van der Waals surface area contributed by atoms with Crippen molar-refractivity contribution in [2.45, 2.75) is 13.3 Å². The van der Waals surface area contributed by atoms with E-state index in [9.17, 15) is 4.79 Å². The lowest BCUT2D eigenvalue weighted by atomic mass is 10.1. The number of amides is 1. The number of nitrogens with zero attached hydrogens (tertiary/aromatic N) is 1. The van der Waals surface area contributed by atoms with E-state index in [2.05, 4.69) is 10.3 Å². The topological polar surface area (TPSA) is 51.2 Å². The first-order valence-corrected chi connectivity index (χ1v) is 7.45. The Kier molecular flexibility index (Phi) is 4.24. The van der Waals surface area contributed by atoms with Gasteiger partial charge in [-0.2, -0.15) is 0 Å². The molecule has 0 fully saturated rings. The molecular weight excluding hydrogens is 288 g/mol. The Morgan fingerprint density at radius 3 is 2.65 bits per heavy atom. The number of fused-ring (bicyclic) bond motifs is 1. The Hall–Kier alpha value is -2.88. The molecule has 1 N–H and O–H groups in total. The van der Waals surface area contributed by atoms with Crippen LogP contribution in [0.4, 0.5) is 5.69 Å². The molecule has 0 unspecified atom stereocenters. The van der Waals surface area contributed by atoms with Crippen LogP contribution in [0.2, 0.25) is 0 Å². The van der Waals surface area contributed by atoms with Crippen molar-refractivity contribution < 1.29 is 9.53 Å². The van der Waals surface area contributed by atoms with E-state index < -0.39 is 0 Å². The van der Waals surface area contributed by atoms with Gasteiger partial charge in [0.25, 0.3) is 0 Å². The van der Waals surface area contributed by atoms with E-state index in [4.69, 9.17) is 4.74 Å². The van der Waals surface area contributed by atoms with Crippen LogP contribution in [0.25, 0.3) is 10.9 Å². The van der Waals surface area contributed by atoms with Crippen LogP contribution in [-0.2, 0) is 11.2 Å². The summed E-state index contributed by atoms with van der Waals surface area (Å²) >= 11 is 0. The molecule has 4 nitrogen and oxygen atoms in total. The molecule has 1 amide bonds. The molecule has 0 bridgehead atoms. The molecule has 3 aromatic rings. The van der Waals surface area contributed by atoms with Gasteiger partial charge in [0, 0.05) is 22.8 Å². The van der Waals surface area contributed by atoms with E-state index in [0.29, 0.717) is 6.42 Å². The van der Waals surface area contributed by atoms with Crippen molar-refractivity contribution >= 4 is 22.5 Å². The van der Waals surface area contributed by atoms with Crippen molar-refractivity contribution in [2.75, 3.05) is 12.4 Å². The number of carbonyl (C=O) groups excluding carboxylic acids is 1. The Labute approximate surface area is 135 Å². The van der Waals surface area contributed by atoms with Gasteiger partial charge < -0.3 is 10.1 Å².